The molecule has 1 heterocycles. The minimum atomic E-state index is 0.158. The molecule has 1 saturated heterocycles. The lowest BCUT2D eigenvalue weighted by molar-refractivity contribution is 0.0734. The first kappa shape index (κ1) is 15.6. The molecule has 2 rings (SSSR count). The predicted octanol–water partition coefficient (Wildman–Crippen LogP) is 2.83. The molecular weight excluding hydrogens is 250 g/mol. The van der Waals surface area contributed by atoms with Crippen LogP contribution in [0, 0.1) is 0 Å². The van der Waals surface area contributed by atoms with E-state index in [4.69, 9.17) is 0 Å². The molecule has 4 nitrogen and oxygen atoms in total. The summed E-state index contributed by atoms with van der Waals surface area (Å²) in [5.74, 6) is 0. The molecule has 20 heavy (non-hydrogen) atoms. The third kappa shape index (κ3) is 4.37. The number of hydrogen-bond acceptors (Lipinski definition) is 2. The number of amides is 2. The van der Waals surface area contributed by atoms with E-state index in [1.165, 1.54) is 25.7 Å². The molecule has 0 aromatic rings. The van der Waals surface area contributed by atoms with Crippen molar-refractivity contribution < 1.29 is 4.79 Å². The molecule has 0 unspecified atom stereocenters. The molecule has 2 fully saturated rings. The first-order valence-electron chi connectivity index (χ1n) is 8.27. The van der Waals surface area contributed by atoms with Crippen LogP contribution >= 0.6 is 0 Å². The van der Waals surface area contributed by atoms with Crippen LogP contribution in [0.25, 0.3) is 0 Å². The van der Waals surface area contributed by atoms with E-state index in [1.54, 1.807) is 0 Å². The number of carbonyl (C=O) groups excluding carboxylic acids is 1. The average Bonchev–Trinajstić information content (AvgIpc) is 2.66. The summed E-state index contributed by atoms with van der Waals surface area (Å²) in [4.78, 5) is 16.8. The Bertz CT molecular complexity index is 308. The van der Waals surface area contributed by atoms with Crippen molar-refractivity contribution >= 4 is 6.03 Å². The van der Waals surface area contributed by atoms with Crippen molar-refractivity contribution in [2.45, 2.75) is 70.9 Å². The SMILES string of the molecule is CC(C)(C)N1CCN(C(=O)NC2CCCCCC2)CC1. The van der Waals surface area contributed by atoms with Crippen molar-refractivity contribution in [3.63, 3.8) is 0 Å². The highest BCUT2D eigenvalue weighted by molar-refractivity contribution is 5.74. The minimum absolute atomic E-state index is 0.158. The molecule has 116 valence electrons. The standard InChI is InChI=1S/C16H31N3O/c1-16(2,3)19-12-10-18(11-13-19)15(20)17-14-8-6-4-5-7-9-14/h14H,4-13H2,1-3H3,(H,17,20). The van der Waals surface area contributed by atoms with Gasteiger partial charge in [-0.15, -0.1) is 0 Å². The second kappa shape index (κ2) is 6.79. The van der Waals surface area contributed by atoms with Gasteiger partial charge in [-0.05, 0) is 33.6 Å². The van der Waals surface area contributed by atoms with Crippen molar-refractivity contribution in [3.05, 3.63) is 0 Å². The van der Waals surface area contributed by atoms with Crippen molar-refractivity contribution in [2.75, 3.05) is 26.2 Å². The summed E-state index contributed by atoms with van der Waals surface area (Å²) in [7, 11) is 0. The number of carbonyl (C=O) groups is 1. The molecule has 2 aliphatic rings. The first-order chi connectivity index (χ1) is 9.47. The van der Waals surface area contributed by atoms with Gasteiger partial charge in [-0.1, -0.05) is 25.7 Å². The smallest absolute Gasteiger partial charge is 0.317 e. The molecule has 0 aromatic carbocycles. The van der Waals surface area contributed by atoms with Crippen LogP contribution in [-0.2, 0) is 0 Å². The average molecular weight is 281 g/mol. The molecule has 1 aliphatic carbocycles. The number of piperazine rings is 1. The monoisotopic (exact) mass is 281 g/mol. The number of nitrogens with zero attached hydrogens (tertiary/aromatic N) is 2. The summed E-state index contributed by atoms with van der Waals surface area (Å²) in [5.41, 5.74) is 0.212. The third-order valence-electron chi connectivity index (χ3n) is 4.70. The van der Waals surface area contributed by atoms with E-state index in [0.29, 0.717) is 6.04 Å². The van der Waals surface area contributed by atoms with Gasteiger partial charge in [0, 0.05) is 37.8 Å². The number of urea groups is 1. The third-order valence-corrected chi connectivity index (χ3v) is 4.70. The largest absolute Gasteiger partial charge is 0.335 e. The normalized spacial score (nSPS) is 23.4. The molecule has 0 spiro atoms. The summed E-state index contributed by atoms with van der Waals surface area (Å²) in [6.45, 7) is 10.4. The molecule has 0 bridgehead atoms. The fourth-order valence-corrected chi connectivity index (χ4v) is 3.27. The lowest BCUT2D eigenvalue weighted by Crippen LogP contribution is -2.57. The lowest BCUT2D eigenvalue weighted by Gasteiger charge is -2.42. The zero-order valence-electron chi connectivity index (χ0n) is 13.5. The van der Waals surface area contributed by atoms with Crippen LogP contribution in [0.1, 0.15) is 59.3 Å². The molecule has 1 saturated carbocycles. The topological polar surface area (TPSA) is 35.6 Å². The molecule has 0 aromatic heterocycles. The Balaban J connectivity index is 1.76. The lowest BCUT2D eigenvalue weighted by atomic mass is 10.1. The van der Waals surface area contributed by atoms with Gasteiger partial charge >= 0.3 is 6.03 Å². The highest BCUT2D eigenvalue weighted by Crippen LogP contribution is 2.18. The fourth-order valence-electron chi connectivity index (χ4n) is 3.27. The van der Waals surface area contributed by atoms with Gasteiger partial charge in [-0.2, -0.15) is 0 Å². The Morgan fingerprint density at radius 1 is 0.950 bits per heavy atom. The number of nitrogens with one attached hydrogen (secondary N) is 1. The van der Waals surface area contributed by atoms with Gasteiger partial charge < -0.3 is 10.2 Å². The Labute approximate surface area is 123 Å². The highest BCUT2D eigenvalue weighted by atomic mass is 16.2. The van der Waals surface area contributed by atoms with E-state index in [-0.39, 0.29) is 11.6 Å². The van der Waals surface area contributed by atoms with Crippen molar-refractivity contribution in [1.29, 1.82) is 0 Å². The van der Waals surface area contributed by atoms with Crippen LogP contribution in [0.5, 0.6) is 0 Å². The maximum Gasteiger partial charge on any atom is 0.317 e. The summed E-state index contributed by atoms with van der Waals surface area (Å²) in [6, 6.07) is 0.566. The quantitative estimate of drug-likeness (QED) is 0.750. The first-order valence-corrected chi connectivity index (χ1v) is 8.27. The van der Waals surface area contributed by atoms with Gasteiger partial charge in [-0.25, -0.2) is 4.79 Å². The fraction of sp³-hybridized carbons (Fsp3) is 0.938. The summed E-state index contributed by atoms with van der Waals surface area (Å²) >= 11 is 0. The van der Waals surface area contributed by atoms with E-state index in [0.717, 1.165) is 39.0 Å². The van der Waals surface area contributed by atoms with E-state index < -0.39 is 0 Å². The van der Waals surface area contributed by atoms with Crippen molar-refractivity contribution in [3.8, 4) is 0 Å². The van der Waals surface area contributed by atoms with E-state index in [1.807, 2.05) is 4.90 Å². The Hall–Kier alpha value is -0.770. The van der Waals surface area contributed by atoms with Gasteiger partial charge in [0.25, 0.3) is 0 Å². The molecule has 4 heteroatoms. The van der Waals surface area contributed by atoms with Gasteiger partial charge in [0.05, 0.1) is 0 Å². The molecule has 1 N–H and O–H groups in total. The predicted molar refractivity (Wildman–Crippen MR) is 82.9 cm³/mol. The summed E-state index contributed by atoms with van der Waals surface area (Å²) in [5, 5.41) is 3.25. The van der Waals surface area contributed by atoms with E-state index in [9.17, 15) is 4.79 Å². The minimum Gasteiger partial charge on any atom is -0.335 e. The van der Waals surface area contributed by atoms with Crippen LogP contribution in [0.4, 0.5) is 4.79 Å². The summed E-state index contributed by atoms with van der Waals surface area (Å²) < 4.78 is 0. The maximum absolute atomic E-state index is 12.3. The van der Waals surface area contributed by atoms with Gasteiger partial charge in [0.2, 0.25) is 0 Å². The van der Waals surface area contributed by atoms with Crippen LogP contribution < -0.4 is 5.32 Å². The van der Waals surface area contributed by atoms with Crippen LogP contribution in [0.15, 0.2) is 0 Å². The Kier molecular flexibility index (Phi) is 5.30. The number of hydrogen-bond donors (Lipinski definition) is 1. The number of rotatable bonds is 1. The molecule has 0 radical (unpaired) electrons. The molecule has 0 atom stereocenters. The van der Waals surface area contributed by atoms with Crippen molar-refractivity contribution in [1.82, 2.24) is 15.1 Å². The second-order valence-corrected chi connectivity index (χ2v) is 7.28. The van der Waals surface area contributed by atoms with E-state index >= 15 is 0 Å². The Morgan fingerprint density at radius 2 is 1.50 bits per heavy atom. The molecule has 1 aliphatic heterocycles. The molecule has 2 amide bonds. The van der Waals surface area contributed by atoms with Gasteiger partial charge in [0.15, 0.2) is 0 Å². The van der Waals surface area contributed by atoms with E-state index in [2.05, 4.69) is 31.0 Å². The van der Waals surface area contributed by atoms with Gasteiger partial charge in [0.1, 0.15) is 0 Å². The highest BCUT2D eigenvalue weighted by Gasteiger charge is 2.28. The Morgan fingerprint density at radius 3 is 2.00 bits per heavy atom. The maximum atomic E-state index is 12.3. The van der Waals surface area contributed by atoms with Crippen LogP contribution in [0.3, 0.4) is 0 Å². The second-order valence-electron chi connectivity index (χ2n) is 7.28. The molecular formula is C16H31N3O. The van der Waals surface area contributed by atoms with Gasteiger partial charge in [-0.3, -0.25) is 4.90 Å². The zero-order chi connectivity index (χ0) is 14.6. The van der Waals surface area contributed by atoms with Crippen LogP contribution in [0.2, 0.25) is 0 Å². The van der Waals surface area contributed by atoms with Crippen LogP contribution in [-0.4, -0.2) is 53.6 Å². The summed E-state index contributed by atoms with van der Waals surface area (Å²) in [6.07, 6.45) is 7.51. The van der Waals surface area contributed by atoms with Crippen molar-refractivity contribution in [2.24, 2.45) is 0 Å². The zero-order valence-corrected chi connectivity index (χ0v) is 13.5.